The Balaban J connectivity index is 1.50. The molecule has 0 bridgehead atoms. The van der Waals surface area contributed by atoms with Crippen molar-refractivity contribution in [3.8, 4) is 11.5 Å². The van der Waals surface area contributed by atoms with Crippen LogP contribution in [0.3, 0.4) is 0 Å². The van der Waals surface area contributed by atoms with Crippen molar-refractivity contribution < 1.29 is 22.7 Å². The normalized spacial score (nSPS) is 17.0. The van der Waals surface area contributed by atoms with Crippen molar-refractivity contribution in [2.45, 2.75) is 4.90 Å². The molecule has 7 nitrogen and oxygen atoms in total. The number of carbonyl (C=O) groups excluding carboxylic acids is 1. The number of halogens is 2. The number of amides is 1. The zero-order valence-corrected chi connectivity index (χ0v) is 16.9. The molecule has 0 N–H and O–H groups in total. The van der Waals surface area contributed by atoms with Gasteiger partial charge in [0.15, 0.2) is 11.5 Å². The summed E-state index contributed by atoms with van der Waals surface area (Å²) in [7, 11) is -3.80. The highest BCUT2D eigenvalue weighted by molar-refractivity contribution is 7.89. The van der Waals surface area contributed by atoms with Gasteiger partial charge in [-0.3, -0.25) is 4.79 Å². The van der Waals surface area contributed by atoms with E-state index >= 15 is 0 Å². The summed E-state index contributed by atoms with van der Waals surface area (Å²) in [4.78, 5) is 14.4. The van der Waals surface area contributed by atoms with E-state index in [1.54, 1.807) is 23.1 Å². The number of rotatable bonds is 3. The minimum atomic E-state index is -3.80. The summed E-state index contributed by atoms with van der Waals surface area (Å²) in [5.74, 6) is 0.733. The van der Waals surface area contributed by atoms with Crippen molar-refractivity contribution >= 4 is 39.1 Å². The second-order valence-corrected chi connectivity index (χ2v) is 9.06. The number of para-hydroxylation sites is 1. The first-order valence-electron chi connectivity index (χ1n) is 8.51. The number of fused-ring (bicyclic) bond motifs is 1. The quantitative estimate of drug-likeness (QED) is 0.730. The van der Waals surface area contributed by atoms with Crippen LogP contribution in [0.4, 0.5) is 0 Å². The molecule has 2 aliphatic heterocycles. The Morgan fingerprint density at radius 1 is 1.00 bits per heavy atom. The van der Waals surface area contributed by atoms with E-state index in [-0.39, 0.29) is 53.8 Å². The van der Waals surface area contributed by atoms with Crippen LogP contribution >= 0.6 is 23.2 Å². The predicted molar refractivity (Wildman–Crippen MR) is 104 cm³/mol. The fourth-order valence-corrected chi connectivity index (χ4v) is 5.37. The third kappa shape index (κ3) is 3.41. The van der Waals surface area contributed by atoms with E-state index in [0.717, 1.165) is 0 Å². The molecule has 148 valence electrons. The van der Waals surface area contributed by atoms with Gasteiger partial charge in [-0.15, -0.1) is 0 Å². The van der Waals surface area contributed by atoms with Crippen LogP contribution in [-0.4, -0.2) is 56.5 Å². The first kappa shape index (κ1) is 19.3. The Bertz CT molecular complexity index is 1040. The van der Waals surface area contributed by atoms with Gasteiger partial charge in [0.1, 0.15) is 4.90 Å². The van der Waals surface area contributed by atoms with Crippen LogP contribution in [-0.2, 0) is 10.0 Å². The largest absolute Gasteiger partial charge is 0.454 e. The number of hydrogen-bond donors (Lipinski definition) is 0. The van der Waals surface area contributed by atoms with Crippen molar-refractivity contribution in [3.63, 3.8) is 0 Å². The molecule has 10 heteroatoms. The van der Waals surface area contributed by atoms with Crippen LogP contribution in [0.1, 0.15) is 10.4 Å². The van der Waals surface area contributed by atoms with E-state index in [0.29, 0.717) is 17.1 Å². The van der Waals surface area contributed by atoms with Crippen LogP contribution in [0.15, 0.2) is 41.3 Å². The number of hydrogen-bond acceptors (Lipinski definition) is 5. The Hall–Kier alpha value is -2.00. The Labute approximate surface area is 172 Å². The molecule has 0 atom stereocenters. The van der Waals surface area contributed by atoms with Gasteiger partial charge in [-0.2, -0.15) is 4.31 Å². The summed E-state index contributed by atoms with van der Waals surface area (Å²) in [6.07, 6.45) is 0. The van der Waals surface area contributed by atoms with E-state index in [9.17, 15) is 13.2 Å². The van der Waals surface area contributed by atoms with Crippen molar-refractivity contribution in [1.82, 2.24) is 9.21 Å². The zero-order valence-electron chi connectivity index (χ0n) is 14.6. The number of carbonyl (C=O) groups is 1. The Morgan fingerprint density at radius 3 is 2.50 bits per heavy atom. The zero-order chi connectivity index (χ0) is 19.9. The average Bonchev–Trinajstić information content (AvgIpc) is 3.18. The van der Waals surface area contributed by atoms with E-state index in [2.05, 4.69) is 0 Å². The Morgan fingerprint density at radius 2 is 1.75 bits per heavy atom. The molecule has 0 unspecified atom stereocenters. The van der Waals surface area contributed by atoms with Gasteiger partial charge in [0.25, 0.3) is 5.91 Å². The minimum Gasteiger partial charge on any atom is -0.454 e. The molecular weight excluding hydrogens is 427 g/mol. The third-order valence-electron chi connectivity index (χ3n) is 4.66. The highest BCUT2D eigenvalue weighted by atomic mass is 35.5. The second kappa shape index (κ2) is 7.44. The molecule has 1 fully saturated rings. The molecule has 2 aliphatic rings. The van der Waals surface area contributed by atoms with Crippen LogP contribution in [0.5, 0.6) is 11.5 Å². The maximum atomic E-state index is 12.9. The SMILES string of the molecule is O=C(c1cccc2c1OCO2)N1CCN(S(=O)(=O)c2cc(Cl)ccc2Cl)CC1. The fraction of sp³-hybridized carbons (Fsp3) is 0.278. The molecule has 0 aliphatic carbocycles. The summed E-state index contributed by atoms with van der Waals surface area (Å²) in [5, 5.41) is 0.400. The van der Waals surface area contributed by atoms with Gasteiger partial charge in [-0.1, -0.05) is 29.3 Å². The monoisotopic (exact) mass is 442 g/mol. The summed E-state index contributed by atoms with van der Waals surface area (Å²) in [5.41, 5.74) is 0.407. The number of piperazine rings is 1. The molecule has 2 aromatic rings. The highest BCUT2D eigenvalue weighted by Gasteiger charge is 2.33. The lowest BCUT2D eigenvalue weighted by molar-refractivity contribution is 0.0693. The molecule has 0 radical (unpaired) electrons. The molecule has 0 spiro atoms. The van der Waals surface area contributed by atoms with Gasteiger partial charge in [0.2, 0.25) is 16.8 Å². The summed E-state index contributed by atoms with van der Waals surface area (Å²) < 4.78 is 37.8. The van der Waals surface area contributed by atoms with E-state index in [1.807, 2.05) is 0 Å². The minimum absolute atomic E-state index is 0.0344. The van der Waals surface area contributed by atoms with Crippen molar-refractivity contribution in [1.29, 1.82) is 0 Å². The molecule has 1 amide bonds. The molecule has 4 rings (SSSR count). The number of sulfonamides is 1. The fourth-order valence-electron chi connectivity index (χ4n) is 3.21. The molecule has 0 aromatic heterocycles. The van der Waals surface area contributed by atoms with Crippen molar-refractivity contribution in [3.05, 3.63) is 52.0 Å². The number of nitrogens with zero attached hydrogens (tertiary/aromatic N) is 2. The summed E-state index contributed by atoms with van der Waals surface area (Å²) in [6.45, 7) is 0.889. The second-order valence-electron chi connectivity index (χ2n) is 6.31. The van der Waals surface area contributed by atoms with Crippen LogP contribution in [0.2, 0.25) is 10.0 Å². The average molecular weight is 443 g/mol. The maximum Gasteiger partial charge on any atom is 0.257 e. The molecule has 2 aromatic carbocycles. The third-order valence-corrected chi connectivity index (χ3v) is 7.28. The number of ether oxygens (including phenoxy) is 2. The lowest BCUT2D eigenvalue weighted by Gasteiger charge is -2.34. The van der Waals surface area contributed by atoms with Crippen molar-refractivity contribution in [2.75, 3.05) is 33.0 Å². The summed E-state index contributed by atoms with van der Waals surface area (Å²) in [6, 6.07) is 9.45. The molecule has 28 heavy (non-hydrogen) atoms. The van der Waals surface area contributed by atoms with Gasteiger partial charge >= 0.3 is 0 Å². The van der Waals surface area contributed by atoms with Crippen LogP contribution in [0, 0.1) is 0 Å². The van der Waals surface area contributed by atoms with Crippen LogP contribution < -0.4 is 9.47 Å². The molecule has 0 saturated carbocycles. The van der Waals surface area contributed by atoms with E-state index in [4.69, 9.17) is 32.7 Å². The molecular formula is C18H16Cl2N2O5S. The highest BCUT2D eigenvalue weighted by Crippen LogP contribution is 2.36. The first-order valence-corrected chi connectivity index (χ1v) is 10.7. The van der Waals surface area contributed by atoms with Gasteiger partial charge in [-0.25, -0.2) is 8.42 Å². The van der Waals surface area contributed by atoms with E-state index < -0.39 is 10.0 Å². The topological polar surface area (TPSA) is 76.2 Å². The Kier molecular flexibility index (Phi) is 5.13. The van der Waals surface area contributed by atoms with Gasteiger partial charge in [0, 0.05) is 31.2 Å². The number of benzene rings is 2. The molecule has 1 saturated heterocycles. The lowest BCUT2D eigenvalue weighted by Crippen LogP contribution is -2.50. The standard InChI is InChI=1S/C18H16Cl2N2O5S/c19-12-4-5-14(20)16(10-12)28(24,25)22-8-6-21(7-9-22)18(23)13-2-1-3-15-17(13)27-11-26-15/h1-5,10H,6-9,11H2. The smallest absolute Gasteiger partial charge is 0.257 e. The van der Waals surface area contributed by atoms with E-state index in [1.165, 1.54) is 22.5 Å². The van der Waals surface area contributed by atoms with Crippen LogP contribution in [0.25, 0.3) is 0 Å². The predicted octanol–water partition coefficient (Wildman–Crippen LogP) is 2.87. The van der Waals surface area contributed by atoms with Crippen molar-refractivity contribution in [2.24, 2.45) is 0 Å². The van der Waals surface area contributed by atoms with Gasteiger partial charge in [-0.05, 0) is 30.3 Å². The van der Waals surface area contributed by atoms with Gasteiger partial charge in [0.05, 0.1) is 10.6 Å². The lowest BCUT2D eigenvalue weighted by atomic mass is 10.1. The molecule has 2 heterocycles. The van der Waals surface area contributed by atoms with Gasteiger partial charge < -0.3 is 14.4 Å². The maximum absolute atomic E-state index is 12.9. The first-order chi connectivity index (χ1) is 13.4. The summed E-state index contributed by atoms with van der Waals surface area (Å²) >= 11 is 12.0.